The molecule has 0 radical (unpaired) electrons. The Kier molecular flexibility index (Phi) is 5.07. The number of amides is 1. The number of carboxylic acids is 1. The van der Waals surface area contributed by atoms with E-state index in [9.17, 15) is 9.59 Å². The number of benzene rings is 3. The minimum absolute atomic E-state index is 0.201. The largest absolute Gasteiger partial charge is 0.478 e. The van der Waals surface area contributed by atoms with E-state index in [0.29, 0.717) is 11.1 Å². The fraction of sp³-hybridized carbons (Fsp3) is 0.0870. The topological polar surface area (TPSA) is 82.0 Å². The molecule has 6 heteroatoms. The number of rotatable bonds is 5. The molecule has 0 aliphatic carbocycles. The molecule has 0 spiro atoms. The van der Waals surface area contributed by atoms with Gasteiger partial charge in [0, 0.05) is 24.3 Å². The van der Waals surface area contributed by atoms with Crippen LogP contribution in [0.3, 0.4) is 0 Å². The number of hydrazone groups is 1. The first-order chi connectivity index (χ1) is 14.1. The molecule has 1 heterocycles. The van der Waals surface area contributed by atoms with Crippen molar-refractivity contribution < 1.29 is 14.7 Å². The van der Waals surface area contributed by atoms with E-state index in [4.69, 9.17) is 5.11 Å². The third kappa shape index (κ3) is 4.16. The van der Waals surface area contributed by atoms with E-state index in [2.05, 4.69) is 39.7 Å². The minimum Gasteiger partial charge on any atom is -0.478 e. The SMILES string of the molecule is O=C(O)c1ccc(/C=N/NC(=O)c2ccc(N3Cc4ccccc4C3)cc2)cc1. The summed E-state index contributed by atoms with van der Waals surface area (Å²) in [4.78, 5) is 25.4. The first kappa shape index (κ1) is 18.4. The second-order valence-corrected chi connectivity index (χ2v) is 6.80. The Bertz CT molecular complexity index is 1050. The van der Waals surface area contributed by atoms with Gasteiger partial charge in [0.2, 0.25) is 0 Å². The number of nitrogens with zero attached hydrogens (tertiary/aromatic N) is 2. The monoisotopic (exact) mass is 385 g/mol. The van der Waals surface area contributed by atoms with E-state index in [-0.39, 0.29) is 11.5 Å². The van der Waals surface area contributed by atoms with Crippen molar-refractivity contribution in [2.75, 3.05) is 4.90 Å². The van der Waals surface area contributed by atoms with Crippen LogP contribution in [0.4, 0.5) is 5.69 Å². The lowest BCUT2D eigenvalue weighted by Crippen LogP contribution is -2.18. The van der Waals surface area contributed by atoms with Gasteiger partial charge in [-0.15, -0.1) is 0 Å². The van der Waals surface area contributed by atoms with Crippen molar-refractivity contribution in [2.45, 2.75) is 13.1 Å². The van der Waals surface area contributed by atoms with Crippen LogP contribution in [0.15, 0.2) is 77.9 Å². The Morgan fingerprint density at radius 3 is 2.03 bits per heavy atom. The predicted octanol–water partition coefficient (Wildman–Crippen LogP) is 3.67. The number of hydrogen-bond acceptors (Lipinski definition) is 4. The number of hydrogen-bond donors (Lipinski definition) is 2. The molecule has 0 bridgehead atoms. The molecule has 3 aromatic carbocycles. The van der Waals surface area contributed by atoms with E-state index >= 15 is 0 Å². The van der Waals surface area contributed by atoms with E-state index in [0.717, 1.165) is 18.8 Å². The number of carbonyl (C=O) groups is 2. The Morgan fingerprint density at radius 1 is 0.862 bits per heavy atom. The summed E-state index contributed by atoms with van der Waals surface area (Å²) >= 11 is 0. The van der Waals surface area contributed by atoms with Gasteiger partial charge in [0.15, 0.2) is 0 Å². The van der Waals surface area contributed by atoms with Gasteiger partial charge in [-0.1, -0.05) is 36.4 Å². The molecule has 0 atom stereocenters. The van der Waals surface area contributed by atoms with Gasteiger partial charge in [0.25, 0.3) is 5.91 Å². The first-order valence-corrected chi connectivity index (χ1v) is 9.19. The van der Waals surface area contributed by atoms with Crippen molar-refractivity contribution in [3.63, 3.8) is 0 Å². The molecule has 1 aliphatic rings. The number of anilines is 1. The first-order valence-electron chi connectivity index (χ1n) is 9.19. The van der Waals surface area contributed by atoms with E-state index in [1.807, 2.05) is 12.1 Å². The van der Waals surface area contributed by atoms with Gasteiger partial charge in [-0.3, -0.25) is 4.79 Å². The normalized spacial score (nSPS) is 12.8. The second kappa shape index (κ2) is 7.98. The van der Waals surface area contributed by atoms with E-state index in [1.165, 1.54) is 29.5 Å². The Hall–Kier alpha value is -3.93. The van der Waals surface area contributed by atoms with Crippen LogP contribution in [0.1, 0.15) is 37.4 Å². The van der Waals surface area contributed by atoms with E-state index < -0.39 is 5.97 Å². The highest BCUT2D eigenvalue weighted by Crippen LogP contribution is 2.28. The zero-order valence-electron chi connectivity index (χ0n) is 15.6. The third-order valence-corrected chi connectivity index (χ3v) is 4.87. The van der Waals surface area contributed by atoms with Gasteiger partial charge in [-0.2, -0.15) is 5.10 Å². The molecule has 29 heavy (non-hydrogen) atoms. The Labute approximate surface area is 168 Å². The van der Waals surface area contributed by atoms with Crippen molar-refractivity contribution in [1.82, 2.24) is 5.43 Å². The molecule has 3 aromatic rings. The van der Waals surface area contributed by atoms with Crippen LogP contribution in [-0.4, -0.2) is 23.2 Å². The standard InChI is InChI=1S/C23H19N3O3/c27-22(25-24-13-16-5-7-18(8-6-16)23(28)29)17-9-11-21(12-10-17)26-14-19-3-1-2-4-20(19)15-26/h1-13H,14-15H2,(H,25,27)(H,28,29)/b24-13+. The van der Waals surface area contributed by atoms with E-state index in [1.54, 1.807) is 24.3 Å². The lowest BCUT2D eigenvalue weighted by atomic mass is 10.1. The molecule has 0 saturated heterocycles. The number of fused-ring (bicyclic) bond motifs is 1. The molecular formula is C23H19N3O3. The zero-order valence-corrected chi connectivity index (χ0v) is 15.6. The van der Waals surface area contributed by atoms with Gasteiger partial charge >= 0.3 is 5.97 Å². The summed E-state index contributed by atoms with van der Waals surface area (Å²) in [6.45, 7) is 1.74. The summed E-state index contributed by atoms with van der Waals surface area (Å²) in [7, 11) is 0. The summed E-state index contributed by atoms with van der Waals surface area (Å²) in [6, 6.07) is 22.1. The van der Waals surface area contributed by atoms with Gasteiger partial charge in [-0.05, 0) is 53.1 Å². The molecule has 0 fully saturated rings. The van der Waals surface area contributed by atoms with Crippen LogP contribution in [0.25, 0.3) is 0 Å². The summed E-state index contributed by atoms with van der Waals surface area (Å²) < 4.78 is 0. The van der Waals surface area contributed by atoms with Crippen molar-refractivity contribution >= 4 is 23.8 Å². The molecule has 0 unspecified atom stereocenters. The molecule has 1 aliphatic heterocycles. The van der Waals surface area contributed by atoms with Crippen molar-refractivity contribution in [3.8, 4) is 0 Å². The smallest absolute Gasteiger partial charge is 0.335 e. The minimum atomic E-state index is -0.983. The van der Waals surface area contributed by atoms with Crippen LogP contribution in [-0.2, 0) is 13.1 Å². The van der Waals surface area contributed by atoms with Crippen LogP contribution >= 0.6 is 0 Å². The molecule has 0 saturated carbocycles. The van der Waals surface area contributed by atoms with Crippen LogP contribution < -0.4 is 10.3 Å². The van der Waals surface area contributed by atoms with Crippen molar-refractivity contribution in [1.29, 1.82) is 0 Å². The zero-order chi connectivity index (χ0) is 20.2. The quantitative estimate of drug-likeness (QED) is 0.519. The lowest BCUT2D eigenvalue weighted by molar-refractivity contribution is 0.0696. The maximum Gasteiger partial charge on any atom is 0.335 e. The van der Waals surface area contributed by atoms with Crippen LogP contribution in [0, 0.1) is 0 Å². The molecule has 6 nitrogen and oxygen atoms in total. The fourth-order valence-electron chi connectivity index (χ4n) is 3.28. The highest BCUT2D eigenvalue weighted by atomic mass is 16.4. The maximum atomic E-state index is 12.3. The lowest BCUT2D eigenvalue weighted by Gasteiger charge is -2.17. The highest BCUT2D eigenvalue weighted by Gasteiger charge is 2.18. The Balaban J connectivity index is 1.35. The molecule has 2 N–H and O–H groups in total. The molecule has 4 rings (SSSR count). The summed E-state index contributed by atoms with van der Waals surface area (Å²) in [5.74, 6) is -1.29. The van der Waals surface area contributed by atoms with Crippen LogP contribution in [0.5, 0.6) is 0 Å². The summed E-state index contributed by atoms with van der Waals surface area (Å²) in [5.41, 5.74) is 7.64. The molecule has 144 valence electrons. The van der Waals surface area contributed by atoms with Gasteiger partial charge in [0.1, 0.15) is 0 Å². The third-order valence-electron chi connectivity index (χ3n) is 4.87. The van der Waals surface area contributed by atoms with Crippen molar-refractivity contribution in [2.24, 2.45) is 5.10 Å². The average Bonchev–Trinajstić information content (AvgIpc) is 3.18. The number of nitrogens with one attached hydrogen (secondary N) is 1. The van der Waals surface area contributed by atoms with Gasteiger partial charge < -0.3 is 10.0 Å². The fourth-order valence-corrected chi connectivity index (χ4v) is 3.28. The van der Waals surface area contributed by atoms with Crippen LogP contribution in [0.2, 0.25) is 0 Å². The average molecular weight is 385 g/mol. The summed E-state index contributed by atoms with van der Waals surface area (Å²) in [6.07, 6.45) is 1.47. The maximum absolute atomic E-state index is 12.3. The number of aromatic carboxylic acids is 1. The molecule has 0 aromatic heterocycles. The number of carboxylic acid groups (broad SMARTS) is 1. The molecule has 1 amide bonds. The number of carbonyl (C=O) groups excluding carboxylic acids is 1. The van der Waals surface area contributed by atoms with Gasteiger partial charge in [-0.25, -0.2) is 10.2 Å². The Morgan fingerprint density at radius 2 is 1.45 bits per heavy atom. The predicted molar refractivity (Wildman–Crippen MR) is 111 cm³/mol. The second-order valence-electron chi connectivity index (χ2n) is 6.80. The molecular weight excluding hydrogens is 366 g/mol. The van der Waals surface area contributed by atoms with Crippen molar-refractivity contribution in [3.05, 3.63) is 101 Å². The highest BCUT2D eigenvalue weighted by molar-refractivity contribution is 5.95. The summed E-state index contributed by atoms with van der Waals surface area (Å²) in [5, 5.41) is 12.8. The van der Waals surface area contributed by atoms with Gasteiger partial charge in [0.05, 0.1) is 11.8 Å².